The van der Waals surface area contributed by atoms with Crippen molar-refractivity contribution in [3.05, 3.63) is 0 Å². The molecule has 0 spiro atoms. The molecule has 11 heavy (non-hydrogen) atoms. The lowest BCUT2D eigenvalue weighted by atomic mass is 10.2. The van der Waals surface area contributed by atoms with E-state index in [4.69, 9.17) is 0 Å². The van der Waals surface area contributed by atoms with Gasteiger partial charge in [0, 0.05) is 13.0 Å². The van der Waals surface area contributed by atoms with Crippen LogP contribution in [0.4, 0.5) is 13.6 Å². The molecule has 2 heterocycles. The third kappa shape index (κ3) is 0.948. The van der Waals surface area contributed by atoms with Crippen LogP contribution >= 0.6 is 0 Å². The van der Waals surface area contributed by atoms with E-state index in [2.05, 4.69) is 5.32 Å². The van der Waals surface area contributed by atoms with Crippen LogP contribution in [-0.2, 0) is 0 Å². The lowest BCUT2D eigenvalue weighted by Crippen LogP contribution is -2.32. The SMILES string of the molecule is O=C1NCC2CC(F)(F)CN12. The predicted octanol–water partition coefficient (Wildman–Crippen LogP) is 0.419. The van der Waals surface area contributed by atoms with Crippen LogP contribution in [0.5, 0.6) is 0 Å². The number of halogens is 2. The molecule has 0 bridgehead atoms. The van der Waals surface area contributed by atoms with Crippen molar-refractivity contribution in [2.24, 2.45) is 0 Å². The van der Waals surface area contributed by atoms with E-state index in [0.717, 1.165) is 0 Å². The topological polar surface area (TPSA) is 32.3 Å². The van der Waals surface area contributed by atoms with Crippen molar-refractivity contribution >= 4 is 6.03 Å². The maximum atomic E-state index is 12.6. The Kier molecular flexibility index (Phi) is 1.14. The van der Waals surface area contributed by atoms with Crippen LogP contribution in [-0.4, -0.2) is 36.0 Å². The van der Waals surface area contributed by atoms with E-state index < -0.39 is 12.5 Å². The molecule has 0 saturated carbocycles. The predicted molar refractivity (Wildman–Crippen MR) is 33.5 cm³/mol. The number of nitrogens with one attached hydrogen (secondary N) is 1. The van der Waals surface area contributed by atoms with Crippen LogP contribution in [0.2, 0.25) is 0 Å². The molecule has 1 unspecified atom stereocenters. The minimum absolute atomic E-state index is 0.189. The van der Waals surface area contributed by atoms with Gasteiger partial charge in [0.05, 0.1) is 12.6 Å². The van der Waals surface area contributed by atoms with E-state index in [1.54, 1.807) is 0 Å². The summed E-state index contributed by atoms with van der Waals surface area (Å²) >= 11 is 0. The number of alkyl halides is 2. The fourth-order valence-corrected chi connectivity index (χ4v) is 1.62. The normalized spacial score (nSPS) is 33.8. The smallest absolute Gasteiger partial charge is 0.317 e. The largest absolute Gasteiger partial charge is 0.336 e. The van der Waals surface area contributed by atoms with Crippen LogP contribution < -0.4 is 5.32 Å². The average molecular weight is 162 g/mol. The molecule has 2 aliphatic rings. The minimum Gasteiger partial charge on any atom is -0.336 e. The standard InChI is InChI=1S/C6H8F2N2O/c7-6(8)1-4-2-9-5(11)10(4)3-6/h4H,1-3H2,(H,9,11). The number of carbonyl (C=O) groups is 1. The van der Waals surface area contributed by atoms with E-state index in [0.29, 0.717) is 6.54 Å². The number of nitrogens with zero attached hydrogens (tertiary/aromatic N) is 1. The highest BCUT2D eigenvalue weighted by Crippen LogP contribution is 2.33. The van der Waals surface area contributed by atoms with E-state index in [1.165, 1.54) is 4.90 Å². The maximum Gasteiger partial charge on any atom is 0.317 e. The summed E-state index contributed by atoms with van der Waals surface area (Å²) in [5.74, 6) is -2.66. The maximum absolute atomic E-state index is 12.6. The van der Waals surface area contributed by atoms with Gasteiger partial charge in [0.2, 0.25) is 0 Å². The molecule has 1 N–H and O–H groups in total. The molecule has 0 aromatic carbocycles. The Balaban J connectivity index is 2.16. The van der Waals surface area contributed by atoms with Crippen LogP contribution in [0.15, 0.2) is 0 Å². The summed E-state index contributed by atoms with van der Waals surface area (Å²) in [4.78, 5) is 12.0. The van der Waals surface area contributed by atoms with Gasteiger partial charge in [0.1, 0.15) is 0 Å². The van der Waals surface area contributed by atoms with Gasteiger partial charge in [0.25, 0.3) is 5.92 Å². The molecule has 62 valence electrons. The van der Waals surface area contributed by atoms with Gasteiger partial charge in [-0.15, -0.1) is 0 Å². The zero-order valence-electron chi connectivity index (χ0n) is 5.81. The molecule has 2 fully saturated rings. The Labute approximate surface area is 62.4 Å². The van der Waals surface area contributed by atoms with Gasteiger partial charge in [0.15, 0.2) is 0 Å². The fourth-order valence-electron chi connectivity index (χ4n) is 1.62. The second-order valence-electron chi connectivity index (χ2n) is 3.03. The Bertz CT molecular complexity index is 207. The lowest BCUT2D eigenvalue weighted by Gasteiger charge is -2.11. The highest BCUT2D eigenvalue weighted by atomic mass is 19.3. The van der Waals surface area contributed by atoms with Crippen molar-refractivity contribution in [2.75, 3.05) is 13.1 Å². The highest BCUT2D eigenvalue weighted by Gasteiger charge is 2.49. The number of hydrogen-bond donors (Lipinski definition) is 1. The zero-order chi connectivity index (χ0) is 8.06. The Morgan fingerprint density at radius 1 is 1.64 bits per heavy atom. The Morgan fingerprint density at radius 3 is 3.00 bits per heavy atom. The molecular weight excluding hydrogens is 154 g/mol. The summed E-state index contributed by atoms with van der Waals surface area (Å²) in [6.45, 7) is -0.0437. The highest BCUT2D eigenvalue weighted by molar-refractivity contribution is 5.77. The molecular formula is C6H8F2N2O. The van der Waals surface area contributed by atoms with Gasteiger partial charge in [-0.05, 0) is 0 Å². The lowest BCUT2D eigenvalue weighted by molar-refractivity contribution is 0.0139. The molecule has 1 atom stereocenters. The molecule has 0 aromatic rings. The van der Waals surface area contributed by atoms with Crippen molar-refractivity contribution in [1.82, 2.24) is 10.2 Å². The van der Waals surface area contributed by atoms with Crippen LogP contribution in [0.1, 0.15) is 6.42 Å². The van der Waals surface area contributed by atoms with Crippen molar-refractivity contribution in [3.63, 3.8) is 0 Å². The second kappa shape index (κ2) is 1.84. The van der Waals surface area contributed by atoms with Crippen LogP contribution in [0, 0.1) is 0 Å². The number of amides is 2. The van der Waals surface area contributed by atoms with Crippen molar-refractivity contribution in [1.29, 1.82) is 0 Å². The Hall–Kier alpha value is -0.870. The first-order chi connectivity index (χ1) is 5.08. The Morgan fingerprint density at radius 2 is 2.36 bits per heavy atom. The average Bonchev–Trinajstić information content (AvgIpc) is 2.31. The van der Waals surface area contributed by atoms with Gasteiger partial charge in [-0.1, -0.05) is 0 Å². The van der Waals surface area contributed by atoms with Gasteiger partial charge in [-0.2, -0.15) is 0 Å². The third-order valence-electron chi connectivity index (χ3n) is 2.13. The first-order valence-electron chi connectivity index (χ1n) is 3.51. The molecule has 5 heteroatoms. The summed E-state index contributed by atoms with van der Waals surface area (Å²) < 4.78 is 25.2. The summed E-state index contributed by atoms with van der Waals surface area (Å²) in [7, 11) is 0. The van der Waals surface area contributed by atoms with E-state index in [1.807, 2.05) is 0 Å². The summed E-state index contributed by atoms with van der Waals surface area (Å²) in [6.07, 6.45) is -0.189. The molecule has 0 aliphatic carbocycles. The molecule has 0 aromatic heterocycles. The van der Waals surface area contributed by atoms with Gasteiger partial charge in [-0.3, -0.25) is 0 Å². The van der Waals surface area contributed by atoms with Gasteiger partial charge < -0.3 is 10.2 Å². The molecule has 2 aliphatic heterocycles. The van der Waals surface area contributed by atoms with Crippen LogP contribution in [0.3, 0.4) is 0 Å². The number of hydrogen-bond acceptors (Lipinski definition) is 1. The minimum atomic E-state index is -2.66. The molecule has 2 amide bonds. The summed E-state index contributed by atoms with van der Waals surface area (Å²) in [5, 5.41) is 2.51. The zero-order valence-corrected chi connectivity index (χ0v) is 5.81. The van der Waals surface area contributed by atoms with Crippen molar-refractivity contribution < 1.29 is 13.6 Å². The monoisotopic (exact) mass is 162 g/mol. The molecule has 3 nitrogen and oxygen atoms in total. The quantitative estimate of drug-likeness (QED) is 0.550. The second-order valence-corrected chi connectivity index (χ2v) is 3.03. The number of carbonyl (C=O) groups excluding carboxylic acids is 1. The molecule has 2 saturated heterocycles. The fraction of sp³-hybridized carbons (Fsp3) is 0.833. The molecule has 0 radical (unpaired) electrons. The first-order valence-corrected chi connectivity index (χ1v) is 3.51. The van der Waals surface area contributed by atoms with Crippen LogP contribution in [0.25, 0.3) is 0 Å². The molecule has 2 rings (SSSR count). The first kappa shape index (κ1) is 6.82. The van der Waals surface area contributed by atoms with Crippen molar-refractivity contribution in [2.45, 2.75) is 18.4 Å². The number of rotatable bonds is 0. The third-order valence-corrected chi connectivity index (χ3v) is 2.13. The van der Waals surface area contributed by atoms with Gasteiger partial charge >= 0.3 is 6.03 Å². The number of urea groups is 1. The van der Waals surface area contributed by atoms with Gasteiger partial charge in [-0.25, -0.2) is 13.6 Å². The van der Waals surface area contributed by atoms with E-state index >= 15 is 0 Å². The summed E-state index contributed by atoms with van der Waals surface area (Å²) in [6, 6.07) is -0.635. The van der Waals surface area contributed by atoms with E-state index in [-0.39, 0.29) is 18.5 Å². The van der Waals surface area contributed by atoms with Crippen molar-refractivity contribution in [3.8, 4) is 0 Å². The number of fused-ring (bicyclic) bond motifs is 1. The van der Waals surface area contributed by atoms with E-state index in [9.17, 15) is 13.6 Å². The summed E-state index contributed by atoms with van der Waals surface area (Å²) in [5.41, 5.74) is 0.